The lowest BCUT2D eigenvalue weighted by Gasteiger charge is -2.21. The van der Waals surface area contributed by atoms with Crippen LogP contribution in [0.15, 0.2) is 24.5 Å². The van der Waals surface area contributed by atoms with Crippen LogP contribution in [0.3, 0.4) is 0 Å². The molecular formula is C21H24B2N6S. The van der Waals surface area contributed by atoms with Crippen molar-refractivity contribution in [3.05, 3.63) is 35.8 Å². The Morgan fingerprint density at radius 2 is 2.00 bits per heavy atom. The van der Waals surface area contributed by atoms with Gasteiger partial charge in [0.2, 0.25) is 4.96 Å². The Labute approximate surface area is 182 Å². The fourth-order valence-corrected chi connectivity index (χ4v) is 5.14. The van der Waals surface area contributed by atoms with Gasteiger partial charge in [0.1, 0.15) is 5.01 Å². The predicted octanol–water partition coefficient (Wildman–Crippen LogP) is 4.54. The molecule has 0 aliphatic carbocycles. The van der Waals surface area contributed by atoms with Gasteiger partial charge in [-0.05, 0) is 24.1 Å². The number of hydrogen-bond donors (Lipinski definition) is 0. The van der Waals surface area contributed by atoms with Crippen molar-refractivity contribution in [3.63, 3.8) is 0 Å². The Balaban J connectivity index is 0.00000106. The zero-order valence-corrected chi connectivity index (χ0v) is 18.5. The van der Waals surface area contributed by atoms with Crippen molar-refractivity contribution in [3.8, 4) is 16.5 Å². The van der Waals surface area contributed by atoms with Crippen molar-refractivity contribution >= 4 is 41.8 Å². The fraction of sp³-hybridized carbons (Fsp3) is 0.429. The average molecular weight is 414 g/mol. The van der Waals surface area contributed by atoms with E-state index in [4.69, 9.17) is 15.3 Å². The quantitative estimate of drug-likeness (QED) is 0.462. The first-order chi connectivity index (χ1) is 14.6. The molecule has 1 fully saturated rings. The van der Waals surface area contributed by atoms with Crippen LogP contribution in [-0.2, 0) is 13.5 Å². The minimum Gasteiger partial charge on any atom is -0.275 e. The predicted molar refractivity (Wildman–Crippen MR) is 125 cm³/mol. The zero-order chi connectivity index (χ0) is 21.3. The van der Waals surface area contributed by atoms with E-state index in [0.29, 0.717) is 5.92 Å². The molecule has 1 aliphatic heterocycles. The van der Waals surface area contributed by atoms with Crippen molar-refractivity contribution in [2.45, 2.75) is 51.6 Å². The van der Waals surface area contributed by atoms with Gasteiger partial charge in [-0.25, -0.2) is 14.8 Å². The molecule has 5 rings (SSSR count). The zero-order valence-electron chi connectivity index (χ0n) is 17.7. The molecule has 0 atom stereocenters. The number of nitriles is 1. The Hall–Kier alpha value is -2.59. The highest BCUT2D eigenvalue weighted by atomic mass is 32.1. The molecular weight excluding hydrogens is 390 g/mol. The van der Waals surface area contributed by atoms with E-state index in [1.54, 1.807) is 11.3 Å². The molecule has 6 nitrogen and oxygen atoms in total. The van der Waals surface area contributed by atoms with E-state index in [1.165, 1.54) is 12.4 Å². The standard InChI is InChI=1S/C20H21BN6S.CH3B/c1-3-13-8-15(9-16-10-26(2)24-18(13)16)19-25-27-11-17(23-20(27)28-19)14-4-6-21(12-22)7-5-14;1-2/h8-11,14H,3-7H2,1-2H3;1H3. The number of aromatic nitrogens is 5. The van der Waals surface area contributed by atoms with E-state index in [9.17, 15) is 0 Å². The van der Waals surface area contributed by atoms with Crippen LogP contribution >= 0.6 is 11.3 Å². The second-order valence-corrected chi connectivity index (χ2v) is 8.66. The highest BCUT2D eigenvalue weighted by Crippen LogP contribution is 2.35. The topological polar surface area (TPSA) is 71.8 Å². The number of aryl methyl sites for hydroxylation is 2. The minimum atomic E-state index is 0.222. The number of rotatable bonds is 3. The summed E-state index contributed by atoms with van der Waals surface area (Å²) in [6.45, 7) is 3.88. The molecule has 0 saturated carbocycles. The third-order valence-electron chi connectivity index (χ3n) is 5.82. The van der Waals surface area contributed by atoms with Gasteiger partial charge in [0.15, 0.2) is 0 Å². The molecule has 2 radical (unpaired) electrons. The van der Waals surface area contributed by atoms with Crippen LogP contribution in [-0.4, -0.2) is 38.9 Å². The van der Waals surface area contributed by atoms with Crippen LogP contribution in [0.4, 0.5) is 0 Å². The number of hydrogen-bond acceptors (Lipinski definition) is 5. The van der Waals surface area contributed by atoms with Gasteiger partial charge >= 0.3 is 0 Å². The number of fused-ring (bicyclic) bond motifs is 2. The smallest absolute Gasteiger partial charge is 0.267 e. The second kappa shape index (κ2) is 8.65. The molecule has 4 aromatic rings. The van der Waals surface area contributed by atoms with Crippen molar-refractivity contribution in [1.82, 2.24) is 24.4 Å². The highest BCUT2D eigenvalue weighted by molar-refractivity contribution is 7.19. The summed E-state index contributed by atoms with van der Waals surface area (Å²) in [6, 6.07) is 4.38. The molecule has 0 bridgehead atoms. The third-order valence-corrected chi connectivity index (χ3v) is 6.79. The Kier molecular flexibility index (Phi) is 5.96. The fourth-order valence-electron chi connectivity index (χ4n) is 4.27. The molecule has 1 saturated heterocycles. The highest BCUT2D eigenvalue weighted by Gasteiger charge is 2.27. The summed E-state index contributed by atoms with van der Waals surface area (Å²) in [5, 5.41) is 20.6. The Morgan fingerprint density at radius 3 is 2.67 bits per heavy atom. The van der Waals surface area contributed by atoms with E-state index < -0.39 is 0 Å². The molecule has 0 amide bonds. The molecule has 9 heteroatoms. The minimum absolute atomic E-state index is 0.222. The summed E-state index contributed by atoms with van der Waals surface area (Å²) in [6.07, 6.45) is 9.15. The van der Waals surface area contributed by atoms with Gasteiger partial charge in [-0.15, -0.1) is 0 Å². The normalized spacial score (nSPS) is 14.7. The van der Waals surface area contributed by atoms with Crippen molar-refractivity contribution < 1.29 is 0 Å². The first-order valence-electron chi connectivity index (χ1n) is 10.4. The lowest BCUT2D eigenvalue weighted by atomic mass is 9.41. The van der Waals surface area contributed by atoms with Crippen LogP contribution in [0.1, 0.15) is 36.9 Å². The van der Waals surface area contributed by atoms with Gasteiger partial charge in [0, 0.05) is 36.1 Å². The second-order valence-electron chi connectivity index (χ2n) is 7.71. The van der Waals surface area contributed by atoms with Crippen LogP contribution in [0, 0.1) is 11.2 Å². The third kappa shape index (κ3) is 3.77. The van der Waals surface area contributed by atoms with E-state index in [0.717, 1.165) is 64.0 Å². The number of nitrogens with zero attached hydrogens (tertiary/aromatic N) is 6. The van der Waals surface area contributed by atoms with Crippen molar-refractivity contribution in [2.24, 2.45) is 7.05 Å². The first-order valence-corrected chi connectivity index (χ1v) is 11.3. The maximum absolute atomic E-state index is 9.09. The number of benzene rings is 1. The molecule has 0 spiro atoms. The monoisotopic (exact) mass is 414 g/mol. The molecule has 3 aromatic heterocycles. The van der Waals surface area contributed by atoms with E-state index in [2.05, 4.69) is 50.4 Å². The van der Waals surface area contributed by atoms with E-state index >= 15 is 0 Å². The maximum atomic E-state index is 9.09. The van der Waals surface area contributed by atoms with Gasteiger partial charge in [-0.2, -0.15) is 10.2 Å². The molecule has 0 unspecified atom stereocenters. The Morgan fingerprint density at radius 1 is 1.23 bits per heavy atom. The molecule has 150 valence electrons. The SMILES string of the molecule is CCc1cc(-c2nn3cc(C4CCB(C#N)CC4)nc3s2)cc2cn(C)nc12.[B]C. The summed E-state index contributed by atoms with van der Waals surface area (Å²) in [5.41, 5.74) is 4.57. The number of imidazole rings is 1. The van der Waals surface area contributed by atoms with Crippen molar-refractivity contribution in [1.29, 1.82) is 5.26 Å². The van der Waals surface area contributed by atoms with Crippen LogP contribution in [0.5, 0.6) is 0 Å². The van der Waals surface area contributed by atoms with E-state index in [-0.39, 0.29) is 6.71 Å². The van der Waals surface area contributed by atoms with Gasteiger partial charge in [-0.1, -0.05) is 50.6 Å². The summed E-state index contributed by atoms with van der Waals surface area (Å²) in [4.78, 5) is 5.80. The first kappa shape index (κ1) is 20.7. The lowest BCUT2D eigenvalue weighted by molar-refractivity contribution is 0.598. The van der Waals surface area contributed by atoms with Gasteiger partial charge in [0.05, 0.1) is 25.3 Å². The largest absolute Gasteiger partial charge is 0.275 e. The van der Waals surface area contributed by atoms with Gasteiger partial charge in [0.25, 0.3) is 6.71 Å². The lowest BCUT2D eigenvalue weighted by Crippen LogP contribution is -2.19. The van der Waals surface area contributed by atoms with Crippen LogP contribution < -0.4 is 0 Å². The summed E-state index contributed by atoms with van der Waals surface area (Å²) in [5.74, 6) is 2.86. The molecule has 4 heterocycles. The van der Waals surface area contributed by atoms with Crippen molar-refractivity contribution in [2.75, 3.05) is 0 Å². The molecule has 0 N–H and O–H groups in total. The summed E-state index contributed by atoms with van der Waals surface area (Å²) < 4.78 is 3.79. The molecule has 1 aliphatic rings. The van der Waals surface area contributed by atoms with Crippen LogP contribution in [0.25, 0.3) is 26.4 Å². The van der Waals surface area contributed by atoms with E-state index in [1.807, 2.05) is 16.2 Å². The van der Waals surface area contributed by atoms with Gasteiger partial charge < -0.3 is 0 Å². The molecule has 1 aromatic carbocycles. The average Bonchev–Trinajstić information content (AvgIpc) is 3.46. The summed E-state index contributed by atoms with van der Waals surface area (Å²) in [7, 11) is 6.46. The summed E-state index contributed by atoms with van der Waals surface area (Å²) >= 11 is 1.64. The Bertz CT molecular complexity index is 1180. The molecule has 30 heavy (non-hydrogen) atoms. The maximum Gasteiger partial charge on any atom is 0.267 e. The van der Waals surface area contributed by atoms with Crippen LogP contribution in [0.2, 0.25) is 19.5 Å². The van der Waals surface area contributed by atoms with Gasteiger partial charge in [-0.3, -0.25) is 4.68 Å².